The highest BCUT2D eigenvalue weighted by Gasteiger charge is 2.27. The van der Waals surface area contributed by atoms with E-state index in [0.717, 1.165) is 24.1 Å². The van der Waals surface area contributed by atoms with E-state index in [1.54, 1.807) is 6.20 Å². The van der Waals surface area contributed by atoms with Crippen LogP contribution in [-0.4, -0.2) is 45.8 Å². The van der Waals surface area contributed by atoms with Crippen molar-refractivity contribution in [3.05, 3.63) is 65.5 Å². The van der Waals surface area contributed by atoms with Crippen LogP contribution in [0.25, 0.3) is 0 Å². The van der Waals surface area contributed by atoms with Crippen LogP contribution in [0, 0.1) is 5.92 Å². The molecule has 7 heteroatoms. The summed E-state index contributed by atoms with van der Waals surface area (Å²) in [6.45, 7) is 9.27. The van der Waals surface area contributed by atoms with Crippen molar-refractivity contribution in [3.63, 3.8) is 0 Å². The standard InChI is InChI=1S/C26H35N5O2/c1-18(2)31(17-21-8-6-5-7-9-21)25(33)23-16-29-26(28-15-14-27-20(4)32)30-24(23)22-12-10-19(3)11-13-22/h5-10,12,16,18-19,22H,11,13-15,17H2,1-4H3,(H,27,32)(H,28,29,30). The van der Waals surface area contributed by atoms with E-state index >= 15 is 0 Å². The molecule has 0 radical (unpaired) electrons. The molecule has 1 aromatic carbocycles. The van der Waals surface area contributed by atoms with Crippen LogP contribution in [0.2, 0.25) is 0 Å². The van der Waals surface area contributed by atoms with E-state index < -0.39 is 0 Å². The lowest BCUT2D eigenvalue weighted by Crippen LogP contribution is -2.37. The average Bonchev–Trinajstić information content (AvgIpc) is 2.80. The van der Waals surface area contributed by atoms with Gasteiger partial charge in [0.25, 0.3) is 5.91 Å². The first-order valence-corrected chi connectivity index (χ1v) is 11.7. The Balaban J connectivity index is 1.88. The Morgan fingerprint density at radius 1 is 1.12 bits per heavy atom. The number of anilines is 1. The molecule has 0 saturated heterocycles. The van der Waals surface area contributed by atoms with Crippen LogP contribution in [0.4, 0.5) is 5.95 Å². The minimum absolute atomic E-state index is 0.0305. The van der Waals surface area contributed by atoms with Gasteiger partial charge in [0.1, 0.15) is 0 Å². The van der Waals surface area contributed by atoms with Crippen LogP contribution in [0.5, 0.6) is 0 Å². The summed E-state index contributed by atoms with van der Waals surface area (Å²) in [6.07, 6.45) is 8.03. The third-order valence-corrected chi connectivity index (χ3v) is 5.87. The Hall–Kier alpha value is -3.22. The zero-order chi connectivity index (χ0) is 23.8. The third kappa shape index (κ3) is 6.88. The number of nitrogens with one attached hydrogen (secondary N) is 2. The molecule has 1 aliphatic carbocycles. The fraction of sp³-hybridized carbons (Fsp3) is 0.462. The largest absolute Gasteiger partial charge is 0.355 e. The summed E-state index contributed by atoms with van der Waals surface area (Å²) < 4.78 is 0. The molecule has 0 spiro atoms. The maximum atomic E-state index is 13.7. The second-order valence-corrected chi connectivity index (χ2v) is 8.96. The van der Waals surface area contributed by atoms with Gasteiger partial charge in [0.2, 0.25) is 11.9 Å². The maximum absolute atomic E-state index is 13.7. The fourth-order valence-corrected chi connectivity index (χ4v) is 3.95. The van der Waals surface area contributed by atoms with Crippen molar-refractivity contribution in [3.8, 4) is 0 Å². The van der Waals surface area contributed by atoms with Gasteiger partial charge >= 0.3 is 0 Å². The molecule has 3 rings (SSSR count). The summed E-state index contributed by atoms with van der Waals surface area (Å²) in [4.78, 5) is 35.9. The monoisotopic (exact) mass is 449 g/mol. The Bertz CT molecular complexity index is 974. The van der Waals surface area contributed by atoms with Gasteiger partial charge in [-0.15, -0.1) is 0 Å². The molecule has 176 valence electrons. The number of hydrogen-bond donors (Lipinski definition) is 2. The lowest BCUT2D eigenvalue weighted by Gasteiger charge is -2.29. The molecule has 1 aliphatic rings. The van der Waals surface area contributed by atoms with E-state index in [4.69, 9.17) is 4.98 Å². The minimum Gasteiger partial charge on any atom is -0.355 e. The number of aromatic nitrogens is 2. The van der Waals surface area contributed by atoms with Crippen LogP contribution >= 0.6 is 0 Å². The lowest BCUT2D eigenvalue weighted by molar-refractivity contribution is -0.118. The number of amides is 2. The zero-order valence-electron chi connectivity index (χ0n) is 20.0. The highest BCUT2D eigenvalue weighted by molar-refractivity contribution is 5.95. The van der Waals surface area contributed by atoms with Crippen LogP contribution in [0.1, 0.15) is 68.1 Å². The quantitative estimate of drug-likeness (QED) is 0.444. The summed E-state index contributed by atoms with van der Waals surface area (Å²) >= 11 is 0. The highest BCUT2D eigenvalue weighted by Crippen LogP contribution is 2.32. The third-order valence-electron chi connectivity index (χ3n) is 5.87. The first-order valence-electron chi connectivity index (χ1n) is 11.7. The van der Waals surface area contributed by atoms with Gasteiger partial charge in [-0.2, -0.15) is 0 Å². The number of allylic oxidation sites excluding steroid dienone is 2. The van der Waals surface area contributed by atoms with Gasteiger partial charge in [-0.05, 0) is 38.2 Å². The summed E-state index contributed by atoms with van der Waals surface area (Å²) in [7, 11) is 0. The summed E-state index contributed by atoms with van der Waals surface area (Å²) in [5, 5.41) is 5.91. The van der Waals surface area contributed by atoms with Crippen molar-refractivity contribution >= 4 is 17.8 Å². The van der Waals surface area contributed by atoms with E-state index in [2.05, 4.69) is 34.7 Å². The van der Waals surface area contributed by atoms with Gasteiger partial charge < -0.3 is 15.5 Å². The van der Waals surface area contributed by atoms with Gasteiger partial charge in [0, 0.05) is 44.7 Å². The van der Waals surface area contributed by atoms with Gasteiger partial charge in [-0.3, -0.25) is 9.59 Å². The van der Waals surface area contributed by atoms with Crippen molar-refractivity contribution in [2.45, 2.75) is 59.0 Å². The number of carbonyl (C=O) groups is 2. The molecule has 33 heavy (non-hydrogen) atoms. The minimum atomic E-state index is -0.0759. The molecule has 2 unspecified atom stereocenters. The molecule has 1 aromatic heterocycles. The number of rotatable bonds is 9. The molecular weight excluding hydrogens is 414 g/mol. The lowest BCUT2D eigenvalue weighted by atomic mass is 9.86. The van der Waals surface area contributed by atoms with E-state index in [-0.39, 0.29) is 23.8 Å². The van der Waals surface area contributed by atoms with E-state index in [9.17, 15) is 9.59 Å². The van der Waals surface area contributed by atoms with Crippen molar-refractivity contribution in [2.75, 3.05) is 18.4 Å². The zero-order valence-corrected chi connectivity index (χ0v) is 20.0. The maximum Gasteiger partial charge on any atom is 0.257 e. The fourth-order valence-electron chi connectivity index (χ4n) is 3.95. The molecule has 1 heterocycles. The Kier molecular flexibility index (Phi) is 8.58. The van der Waals surface area contributed by atoms with Gasteiger partial charge in [-0.25, -0.2) is 9.97 Å². The number of carbonyl (C=O) groups excluding carboxylic acids is 2. The van der Waals surface area contributed by atoms with Gasteiger partial charge in [0.05, 0.1) is 11.3 Å². The molecule has 2 atom stereocenters. The molecule has 0 fully saturated rings. The Morgan fingerprint density at radius 2 is 1.88 bits per heavy atom. The van der Waals surface area contributed by atoms with Gasteiger partial charge in [-0.1, -0.05) is 49.4 Å². The summed E-state index contributed by atoms with van der Waals surface area (Å²) in [6, 6.07) is 10.1. The van der Waals surface area contributed by atoms with E-state index in [0.29, 0.717) is 37.1 Å². The van der Waals surface area contributed by atoms with E-state index in [1.165, 1.54) is 6.92 Å². The van der Waals surface area contributed by atoms with Crippen LogP contribution in [0.3, 0.4) is 0 Å². The first-order chi connectivity index (χ1) is 15.8. The predicted molar refractivity (Wildman–Crippen MR) is 131 cm³/mol. The van der Waals surface area contributed by atoms with Crippen LogP contribution < -0.4 is 10.6 Å². The van der Waals surface area contributed by atoms with Gasteiger partial charge in [0.15, 0.2) is 0 Å². The average molecular weight is 450 g/mol. The normalized spacial score (nSPS) is 17.6. The molecule has 0 saturated carbocycles. The summed E-state index contributed by atoms with van der Waals surface area (Å²) in [5.41, 5.74) is 2.40. The van der Waals surface area contributed by atoms with Crippen molar-refractivity contribution in [1.29, 1.82) is 0 Å². The second-order valence-electron chi connectivity index (χ2n) is 8.96. The molecule has 2 N–H and O–H groups in total. The Labute approximate surface area is 196 Å². The van der Waals surface area contributed by atoms with E-state index in [1.807, 2.05) is 49.1 Å². The molecule has 2 aromatic rings. The second kappa shape index (κ2) is 11.6. The van der Waals surface area contributed by atoms with Crippen molar-refractivity contribution in [1.82, 2.24) is 20.2 Å². The number of nitrogens with zero attached hydrogens (tertiary/aromatic N) is 3. The first kappa shape index (κ1) is 24.4. The molecule has 2 amide bonds. The number of benzene rings is 1. The van der Waals surface area contributed by atoms with Crippen molar-refractivity contribution < 1.29 is 9.59 Å². The van der Waals surface area contributed by atoms with Crippen LogP contribution in [-0.2, 0) is 11.3 Å². The van der Waals surface area contributed by atoms with Crippen LogP contribution in [0.15, 0.2) is 48.7 Å². The number of hydrogen-bond acceptors (Lipinski definition) is 5. The summed E-state index contributed by atoms with van der Waals surface area (Å²) in [5.74, 6) is 0.944. The smallest absolute Gasteiger partial charge is 0.257 e. The Morgan fingerprint density at radius 3 is 2.52 bits per heavy atom. The molecular formula is C26H35N5O2. The topological polar surface area (TPSA) is 87.2 Å². The SMILES string of the molecule is CC(=O)NCCNc1ncc(C(=O)N(Cc2ccccc2)C(C)C)c(C2C=CC(C)CC2)n1. The molecule has 0 bridgehead atoms. The highest BCUT2D eigenvalue weighted by atomic mass is 16.2. The molecule has 7 nitrogen and oxygen atoms in total. The van der Waals surface area contributed by atoms with Crippen molar-refractivity contribution in [2.24, 2.45) is 5.92 Å². The predicted octanol–water partition coefficient (Wildman–Crippen LogP) is 4.15. The molecule has 0 aliphatic heterocycles.